The molecule has 1 atom stereocenters. The van der Waals surface area contributed by atoms with E-state index in [2.05, 4.69) is 10.00 Å². The second-order valence-electron chi connectivity index (χ2n) is 4.17. The van der Waals surface area contributed by atoms with Crippen LogP contribution in [-0.2, 0) is 6.54 Å². The zero-order chi connectivity index (χ0) is 9.54. The summed E-state index contributed by atoms with van der Waals surface area (Å²) in [6.07, 6.45) is 3.22. The summed E-state index contributed by atoms with van der Waals surface area (Å²) in [5.41, 5.74) is 1.15. The molecular weight excluding hydrogens is 178 g/mol. The maximum atomic E-state index is 5.72. The normalized spacial score (nSPS) is 26.5. The maximum absolute atomic E-state index is 5.72. The monoisotopic (exact) mass is 193 g/mol. The number of aromatic nitrogens is 2. The lowest BCUT2D eigenvalue weighted by Crippen LogP contribution is -2.51. The van der Waals surface area contributed by atoms with Crippen molar-refractivity contribution in [2.24, 2.45) is 0 Å². The molecule has 0 N–H and O–H groups in total. The largest absolute Gasteiger partial charge is 0.476 e. The van der Waals surface area contributed by atoms with Crippen LogP contribution in [0.15, 0.2) is 6.20 Å². The number of nitrogens with zero attached hydrogens (tertiary/aromatic N) is 3. The molecule has 3 heterocycles. The summed E-state index contributed by atoms with van der Waals surface area (Å²) in [5, 5.41) is 4.31. The Morgan fingerprint density at radius 3 is 3.07 bits per heavy atom. The third-order valence-electron chi connectivity index (χ3n) is 3.17. The molecule has 0 spiro atoms. The van der Waals surface area contributed by atoms with Crippen molar-refractivity contribution in [2.45, 2.75) is 25.9 Å². The lowest BCUT2D eigenvalue weighted by atomic mass is 10.1. The molecule has 0 radical (unpaired) electrons. The quantitative estimate of drug-likeness (QED) is 0.656. The second kappa shape index (κ2) is 2.98. The Morgan fingerprint density at radius 1 is 1.50 bits per heavy atom. The van der Waals surface area contributed by atoms with Crippen LogP contribution in [0.2, 0.25) is 0 Å². The van der Waals surface area contributed by atoms with Gasteiger partial charge in [0.2, 0.25) is 5.88 Å². The highest BCUT2D eigenvalue weighted by molar-refractivity contribution is 5.23. The van der Waals surface area contributed by atoms with Crippen LogP contribution in [0.25, 0.3) is 0 Å². The van der Waals surface area contributed by atoms with Gasteiger partial charge in [0.1, 0.15) is 6.61 Å². The van der Waals surface area contributed by atoms with Crippen molar-refractivity contribution in [1.29, 1.82) is 0 Å². The molecule has 1 aromatic rings. The zero-order valence-electron chi connectivity index (χ0n) is 8.44. The van der Waals surface area contributed by atoms with E-state index in [0.717, 1.165) is 24.6 Å². The molecule has 0 saturated carbocycles. The summed E-state index contributed by atoms with van der Waals surface area (Å²) in [5.74, 6) is 0.960. The summed E-state index contributed by atoms with van der Waals surface area (Å²) in [4.78, 5) is 2.47. The molecule has 0 unspecified atom stereocenters. The average molecular weight is 193 g/mol. The summed E-state index contributed by atoms with van der Waals surface area (Å²) in [6, 6.07) is 0.538. The van der Waals surface area contributed by atoms with Crippen LogP contribution in [0.3, 0.4) is 0 Å². The van der Waals surface area contributed by atoms with Gasteiger partial charge in [0.25, 0.3) is 0 Å². The van der Waals surface area contributed by atoms with E-state index >= 15 is 0 Å². The van der Waals surface area contributed by atoms with Crippen LogP contribution in [-0.4, -0.2) is 40.4 Å². The lowest BCUT2D eigenvalue weighted by Gasteiger charge is -2.40. The third-order valence-corrected chi connectivity index (χ3v) is 3.17. The summed E-state index contributed by atoms with van der Waals surface area (Å²) in [6.45, 7) is 6.31. The van der Waals surface area contributed by atoms with Gasteiger partial charge in [0.05, 0.1) is 18.8 Å². The first kappa shape index (κ1) is 8.29. The van der Waals surface area contributed by atoms with E-state index in [4.69, 9.17) is 4.74 Å². The van der Waals surface area contributed by atoms with E-state index in [0.29, 0.717) is 6.04 Å². The molecule has 76 valence electrons. The molecule has 14 heavy (non-hydrogen) atoms. The third kappa shape index (κ3) is 1.14. The van der Waals surface area contributed by atoms with Crippen molar-refractivity contribution in [3.8, 4) is 5.88 Å². The van der Waals surface area contributed by atoms with E-state index in [1.165, 1.54) is 19.5 Å². The number of hydrogen-bond donors (Lipinski definition) is 0. The maximum Gasteiger partial charge on any atom is 0.214 e. The first-order chi connectivity index (χ1) is 6.84. The van der Waals surface area contributed by atoms with Gasteiger partial charge in [-0.25, -0.2) is 4.68 Å². The highest BCUT2D eigenvalue weighted by Crippen LogP contribution is 2.24. The summed E-state index contributed by atoms with van der Waals surface area (Å²) in [7, 11) is 0. The SMILES string of the molecule is Cc1cnn2c1OC[C@H](N1CCC1)C2. The van der Waals surface area contributed by atoms with E-state index in [1.807, 2.05) is 17.8 Å². The molecule has 3 rings (SSSR count). The van der Waals surface area contributed by atoms with Crippen molar-refractivity contribution < 1.29 is 4.74 Å². The standard InChI is InChI=1S/C10H15N3O/c1-8-5-11-13-6-9(7-14-10(8)13)12-3-2-4-12/h5,9H,2-4,6-7H2,1H3/t9-/m1/s1. The van der Waals surface area contributed by atoms with Gasteiger partial charge in [0, 0.05) is 5.56 Å². The van der Waals surface area contributed by atoms with Crippen LogP contribution in [0.1, 0.15) is 12.0 Å². The predicted octanol–water partition coefficient (Wildman–Crippen LogP) is 0.658. The summed E-state index contributed by atoms with van der Waals surface area (Å²) >= 11 is 0. The molecule has 0 aliphatic carbocycles. The second-order valence-corrected chi connectivity index (χ2v) is 4.17. The number of rotatable bonds is 1. The van der Waals surface area contributed by atoms with Crippen molar-refractivity contribution in [1.82, 2.24) is 14.7 Å². The highest BCUT2D eigenvalue weighted by atomic mass is 16.5. The Bertz CT molecular complexity index is 343. The fourth-order valence-electron chi connectivity index (χ4n) is 2.14. The Kier molecular flexibility index (Phi) is 1.77. The van der Waals surface area contributed by atoms with Crippen LogP contribution < -0.4 is 4.74 Å². The molecule has 0 aromatic carbocycles. The van der Waals surface area contributed by atoms with E-state index in [9.17, 15) is 0 Å². The molecule has 1 fully saturated rings. The van der Waals surface area contributed by atoms with Gasteiger partial charge in [-0.3, -0.25) is 4.90 Å². The molecule has 4 nitrogen and oxygen atoms in total. The molecule has 1 saturated heterocycles. The van der Waals surface area contributed by atoms with E-state index < -0.39 is 0 Å². The minimum absolute atomic E-state index is 0.538. The first-order valence-electron chi connectivity index (χ1n) is 5.24. The van der Waals surface area contributed by atoms with Crippen molar-refractivity contribution in [3.05, 3.63) is 11.8 Å². The zero-order valence-corrected chi connectivity index (χ0v) is 8.44. The predicted molar refractivity (Wildman–Crippen MR) is 52.4 cm³/mol. The van der Waals surface area contributed by atoms with Crippen molar-refractivity contribution in [2.75, 3.05) is 19.7 Å². The van der Waals surface area contributed by atoms with Crippen LogP contribution in [0.5, 0.6) is 5.88 Å². The van der Waals surface area contributed by atoms with E-state index in [-0.39, 0.29) is 0 Å². The molecule has 0 amide bonds. The van der Waals surface area contributed by atoms with E-state index in [1.54, 1.807) is 0 Å². The number of aryl methyl sites for hydroxylation is 1. The van der Waals surface area contributed by atoms with Crippen molar-refractivity contribution >= 4 is 0 Å². The molecule has 2 aliphatic rings. The number of ether oxygens (including phenoxy) is 1. The van der Waals surface area contributed by atoms with Crippen LogP contribution in [0.4, 0.5) is 0 Å². The Hall–Kier alpha value is -1.03. The van der Waals surface area contributed by atoms with Gasteiger partial charge in [-0.1, -0.05) is 0 Å². The molecule has 0 bridgehead atoms. The summed E-state index contributed by atoms with van der Waals surface area (Å²) < 4.78 is 7.71. The first-order valence-corrected chi connectivity index (χ1v) is 5.24. The number of hydrogen-bond acceptors (Lipinski definition) is 3. The molecule has 4 heteroatoms. The Labute approximate surface area is 83.5 Å². The van der Waals surface area contributed by atoms with Crippen molar-refractivity contribution in [3.63, 3.8) is 0 Å². The topological polar surface area (TPSA) is 30.3 Å². The average Bonchev–Trinajstić information content (AvgIpc) is 2.45. The van der Waals surface area contributed by atoms with Gasteiger partial charge in [-0.05, 0) is 26.4 Å². The molecule has 2 aliphatic heterocycles. The minimum atomic E-state index is 0.538. The smallest absolute Gasteiger partial charge is 0.214 e. The molecule has 1 aromatic heterocycles. The minimum Gasteiger partial charge on any atom is -0.476 e. The van der Waals surface area contributed by atoms with Gasteiger partial charge in [0.15, 0.2) is 0 Å². The van der Waals surface area contributed by atoms with Gasteiger partial charge in [-0.15, -0.1) is 0 Å². The number of fused-ring (bicyclic) bond motifs is 1. The van der Waals surface area contributed by atoms with Gasteiger partial charge in [-0.2, -0.15) is 5.10 Å². The van der Waals surface area contributed by atoms with Gasteiger partial charge >= 0.3 is 0 Å². The Morgan fingerprint density at radius 2 is 2.36 bits per heavy atom. The Balaban J connectivity index is 1.79. The fraction of sp³-hybridized carbons (Fsp3) is 0.700. The lowest BCUT2D eigenvalue weighted by molar-refractivity contribution is 0.0428. The van der Waals surface area contributed by atoms with Crippen LogP contribution >= 0.6 is 0 Å². The molecular formula is C10H15N3O. The van der Waals surface area contributed by atoms with Gasteiger partial charge < -0.3 is 4.74 Å². The fourth-order valence-corrected chi connectivity index (χ4v) is 2.14. The highest BCUT2D eigenvalue weighted by Gasteiger charge is 2.29. The van der Waals surface area contributed by atoms with Crippen LogP contribution in [0, 0.1) is 6.92 Å². The number of likely N-dealkylation sites (tertiary alicyclic amines) is 1.